The number of carboxylic acid groups (broad SMARTS) is 1. The van der Waals surface area contributed by atoms with Crippen molar-refractivity contribution in [3.8, 4) is 5.75 Å². The zero-order chi connectivity index (χ0) is 12.5. The van der Waals surface area contributed by atoms with Gasteiger partial charge in [-0.1, -0.05) is 13.3 Å². The van der Waals surface area contributed by atoms with Crippen LogP contribution in [0.3, 0.4) is 0 Å². The number of unbranched alkanes of at least 4 members (excludes halogenated alkanes) is 1. The molecule has 0 radical (unpaired) electrons. The predicted molar refractivity (Wildman–Crippen MR) is 62.4 cm³/mol. The van der Waals surface area contributed by atoms with E-state index >= 15 is 0 Å². The summed E-state index contributed by atoms with van der Waals surface area (Å²) in [5.74, 6) is -0.564. The van der Waals surface area contributed by atoms with Crippen molar-refractivity contribution in [2.45, 2.75) is 19.8 Å². The molecular weight excluding hydrogens is 222 g/mol. The number of aromatic nitrogens is 1. The van der Waals surface area contributed by atoms with Crippen LogP contribution in [0.15, 0.2) is 18.3 Å². The Balaban J connectivity index is 2.27. The van der Waals surface area contributed by atoms with Gasteiger partial charge in [0.15, 0.2) is 5.69 Å². The Labute approximate surface area is 100 Å². The van der Waals surface area contributed by atoms with Crippen LogP contribution in [0.5, 0.6) is 5.75 Å². The molecule has 0 bridgehead atoms. The highest BCUT2D eigenvalue weighted by Crippen LogP contribution is 2.10. The summed E-state index contributed by atoms with van der Waals surface area (Å²) in [7, 11) is 0. The first-order valence-corrected chi connectivity index (χ1v) is 5.64. The van der Waals surface area contributed by atoms with Gasteiger partial charge in [0.05, 0.1) is 6.61 Å². The lowest BCUT2D eigenvalue weighted by molar-refractivity contribution is 0.0689. The van der Waals surface area contributed by atoms with Gasteiger partial charge in [0.1, 0.15) is 12.4 Å². The van der Waals surface area contributed by atoms with E-state index in [-0.39, 0.29) is 5.69 Å². The molecule has 0 aromatic carbocycles. The molecule has 0 amide bonds. The minimum Gasteiger partial charge on any atom is -0.491 e. The molecule has 1 aromatic heterocycles. The molecule has 17 heavy (non-hydrogen) atoms. The highest BCUT2D eigenvalue weighted by atomic mass is 16.5. The molecule has 0 saturated heterocycles. The van der Waals surface area contributed by atoms with Crippen LogP contribution in [0, 0.1) is 0 Å². The van der Waals surface area contributed by atoms with Gasteiger partial charge in [-0.2, -0.15) is 0 Å². The number of nitrogens with zero attached hydrogens (tertiary/aromatic N) is 1. The van der Waals surface area contributed by atoms with Crippen molar-refractivity contribution in [2.75, 3.05) is 19.8 Å². The second-order valence-electron chi connectivity index (χ2n) is 3.50. The lowest BCUT2D eigenvalue weighted by atomic mass is 10.3. The van der Waals surface area contributed by atoms with Gasteiger partial charge < -0.3 is 14.6 Å². The van der Waals surface area contributed by atoms with Crippen LogP contribution < -0.4 is 4.74 Å². The van der Waals surface area contributed by atoms with Gasteiger partial charge in [-0.3, -0.25) is 0 Å². The molecule has 1 heterocycles. The molecule has 0 saturated carbocycles. The zero-order valence-corrected chi connectivity index (χ0v) is 9.89. The number of carboxylic acids is 1. The van der Waals surface area contributed by atoms with Crippen molar-refractivity contribution < 1.29 is 19.4 Å². The lowest BCUT2D eigenvalue weighted by Crippen LogP contribution is -2.08. The second kappa shape index (κ2) is 7.62. The van der Waals surface area contributed by atoms with Crippen molar-refractivity contribution >= 4 is 5.97 Å². The molecular formula is C12H17NO4. The van der Waals surface area contributed by atoms with Crippen LogP contribution in [0.25, 0.3) is 0 Å². The minimum absolute atomic E-state index is 0.0191. The third kappa shape index (κ3) is 5.31. The molecule has 5 nitrogen and oxygen atoms in total. The summed E-state index contributed by atoms with van der Waals surface area (Å²) in [6.45, 7) is 3.75. The molecule has 0 aliphatic heterocycles. The summed E-state index contributed by atoms with van der Waals surface area (Å²) in [5, 5.41) is 8.74. The maximum absolute atomic E-state index is 10.7. The van der Waals surface area contributed by atoms with E-state index in [1.807, 2.05) is 0 Å². The Kier molecular flexibility index (Phi) is 6.03. The van der Waals surface area contributed by atoms with E-state index in [0.29, 0.717) is 19.0 Å². The molecule has 1 rings (SSSR count). The standard InChI is InChI=1S/C12H17NO4/c1-2-3-6-16-7-8-17-10-4-5-13-11(9-10)12(14)15/h4-5,9H,2-3,6-8H2,1H3,(H,14,15). The molecule has 0 spiro atoms. The fraction of sp³-hybridized carbons (Fsp3) is 0.500. The molecule has 0 fully saturated rings. The smallest absolute Gasteiger partial charge is 0.354 e. The van der Waals surface area contributed by atoms with E-state index in [4.69, 9.17) is 14.6 Å². The number of ether oxygens (including phenoxy) is 2. The summed E-state index contributed by atoms with van der Waals surface area (Å²) in [5.41, 5.74) is -0.0191. The van der Waals surface area contributed by atoms with Crippen LogP contribution in [-0.4, -0.2) is 35.9 Å². The number of hydrogen-bond donors (Lipinski definition) is 1. The number of rotatable bonds is 8. The van der Waals surface area contributed by atoms with E-state index < -0.39 is 5.97 Å². The van der Waals surface area contributed by atoms with Gasteiger partial charge >= 0.3 is 5.97 Å². The first-order valence-electron chi connectivity index (χ1n) is 5.64. The second-order valence-corrected chi connectivity index (χ2v) is 3.50. The Bertz CT molecular complexity index is 354. The van der Waals surface area contributed by atoms with E-state index in [1.165, 1.54) is 12.3 Å². The molecule has 5 heteroatoms. The molecule has 1 N–H and O–H groups in total. The van der Waals surface area contributed by atoms with Crippen molar-refractivity contribution in [1.82, 2.24) is 4.98 Å². The fourth-order valence-corrected chi connectivity index (χ4v) is 1.18. The minimum atomic E-state index is -1.06. The summed E-state index contributed by atoms with van der Waals surface area (Å²) >= 11 is 0. The Morgan fingerprint density at radius 3 is 2.94 bits per heavy atom. The summed E-state index contributed by atoms with van der Waals surface area (Å²) in [6, 6.07) is 3.02. The van der Waals surface area contributed by atoms with Crippen LogP contribution >= 0.6 is 0 Å². The SMILES string of the molecule is CCCCOCCOc1ccnc(C(=O)O)c1. The fourth-order valence-electron chi connectivity index (χ4n) is 1.18. The third-order valence-electron chi connectivity index (χ3n) is 2.09. The van der Waals surface area contributed by atoms with E-state index in [9.17, 15) is 4.79 Å². The van der Waals surface area contributed by atoms with Crippen molar-refractivity contribution in [3.05, 3.63) is 24.0 Å². The van der Waals surface area contributed by atoms with Gasteiger partial charge in [0.2, 0.25) is 0 Å². The third-order valence-corrected chi connectivity index (χ3v) is 2.09. The maximum atomic E-state index is 10.7. The van der Waals surface area contributed by atoms with E-state index in [1.54, 1.807) is 6.07 Å². The number of aromatic carboxylic acids is 1. The van der Waals surface area contributed by atoms with Gasteiger partial charge in [0, 0.05) is 18.9 Å². The monoisotopic (exact) mass is 239 g/mol. The molecule has 0 atom stereocenters. The molecule has 1 aromatic rings. The summed E-state index contributed by atoms with van der Waals surface area (Å²) in [4.78, 5) is 14.4. The summed E-state index contributed by atoms with van der Waals surface area (Å²) < 4.78 is 10.7. The van der Waals surface area contributed by atoms with Crippen LogP contribution in [0.2, 0.25) is 0 Å². The quantitative estimate of drug-likeness (QED) is 0.702. The molecule has 0 unspecified atom stereocenters. The first kappa shape index (κ1) is 13.4. The Morgan fingerprint density at radius 1 is 1.41 bits per heavy atom. The molecule has 0 aliphatic carbocycles. The van der Waals surface area contributed by atoms with Crippen molar-refractivity contribution in [3.63, 3.8) is 0 Å². The normalized spacial score (nSPS) is 10.2. The van der Waals surface area contributed by atoms with Gasteiger partial charge in [-0.25, -0.2) is 9.78 Å². The van der Waals surface area contributed by atoms with Crippen molar-refractivity contribution in [2.24, 2.45) is 0 Å². The largest absolute Gasteiger partial charge is 0.491 e. The Hall–Kier alpha value is -1.62. The van der Waals surface area contributed by atoms with Gasteiger partial charge in [0.25, 0.3) is 0 Å². The van der Waals surface area contributed by atoms with E-state index in [2.05, 4.69) is 11.9 Å². The molecule has 94 valence electrons. The average Bonchev–Trinajstić information content (AvgIpc) is 2.34. The van der Waals surface area contributed by atoms with Crippen molar-refractivity contribution in [1.29, 1.82) is 0 Å². The number of hydrogen-bond acceptors (Lipinski definition) is 4. The van der Waals surface area contributed by atoms with Gasteiger partial charge in [-0.15, -0.1) is 0 Å². The lowest BCUT2D eigenvalue weighted by Gasteiger charge is -2.07. The number of carbonyl (C=O) groups is 1. The Morgan fingerprint density at radius 2 is 2.24 bits per heavy atom. The van der Waals surface area contributed by atoms with Crippen LogP contribution in [-0.2, 0) is 4.74 Å². The highest BCUT2D eigenvalue weighted by molar-refractivity contribution is 5.85. The predicted octanol–water partition coefficient (Wildman–Crippen LogP) is 1.98. The van der Waals surface area contributed by atoms with Gasteiger partial charge in [-0.05, 0) is 12.5 Å². The first-order chi connectivity index (χ1) is 8.24. The average molecular weight is 239 g/mol. The van der Waals surface area contributed by atoms with E-state index in [0.717, 1.165) is 19.4 Å². The maximum Gasteiger partial charge on any atom is 0.354 e. The summed E-state index contributed by atoms with van der Waals surface area (Å²) in [6.07, 6.45) is 3.56. The zero-order valence-electron chi connectivity index (χ0n) is 9.89. The highest BCUT2D eigenvalue weighted by Gasteiger charge is 2.05. The molecule has 0 aliphatic rings. The number of pyridine rings is 1. The topological polar surface area (TPSA) is 68.7 Å². The van der Waals surface area contributed by atoms with Crippen LogP contribution in [0.4, 0.5) is 0 Å². The van der Waals surface area contributed by atoms with Crippen LogP contribution in [0.1, 0.15) is 30.3 Å².